The minimum atomic E-state index is -0.859. The van der Waals surface area contributed by atoms with E-state index in [9.17, 15) is 18.7 Å². The molecule has 0 aliphatic heterocycles. The number of rotatable bonds is 7. The maximum absolute atomic E-state index is 13.9. The zero-order valence-corrected chi connectivity index (χ0v) is 19.7. The van der Waals surface area contributed by atoms with E-state index >= 15 is 0 Å². The predicted octanol–water partition coefficient (Wildman–Crippen LogP) is 4.35. The van der Waals surface area contributed by atoms with Gasteiger partial charge in [-0.3, -0.25) is 24.3 Å². The van der Waals surface area contributed by atoms with Gasteiger partial charge < -0.3 is 9.84 Å². The monoisotopic (exact) mass is 498 g/mol. The molecule has 4 rings (SSSR count). The van der Waals surface area contributed by atoms with E-state index in [-0.39, 0.29) is 29.7 Å². The molecule has 35 heavy (non-hydrogen) atoms. The highest BCUT2D eigenvalue weighted by Crippen LogP contribution is 2.27. The first-order valence-electron chi connectivity index (χ1n) is 10.7. The zero-order valence-electron chi connectivity index (χ0n) is 18.9. The van der Waals surface area contributed by atoms with Crippen LogP contribution in [-0.2, 0) is 13.0 Å². The molecule has 0 aliphatic carbocycles. The summed E-state index contributed by atoms with van der Waals surface area (Å²) < 4.78 is 33.9. The third-order valence-electron chi connectivity index (χ3n) is 5.30. The molecule has 4 aromatic heterocycles. The van der Waals surface area contributed by atoms with Gasteiger partial charge >= 0.3 is 0 Å². The molecule has 0 unspecified atom stereocenters. The highest BCUT2D eigenvalue weighted by Gasteiger charge is 2.17. The molecule has 0 aliphatic rings. The van der Waals surface area contributed by atoms with Gasteiger partial charge in [0.1, 0.15) is 28.9 Å². The van der Waals surface area contributed by atoms with E-state index in [1.807, 2.05) is 19.1 Å². The van der Waals surface area contributed by atoms with Crippen molar-refractivity contribution < 1.29 is 18.6 Å². The summed E-state index contributed by atoms with van der Waals surface area (Å²) in [4.78, 5) is 25.9. The number of aryl methyl sites for hydroxylation is 2. The van der Waals surface area contributed by atoms with Gasteiger partial charge in [-0.1, -0.05) is 17.7 Å². The summed E-state index contributed by atoms with van der Waals surface area (Å²) >= 11 is 6.33. The van der Waals surface area contributed by atoms with Gasteiger partial charge in [0.05, 0.1) is 23.3 Å². The number of hydrogen-bond acceptors (Lipinski definition) is 6. The molecular weight excluding hydrogens is 478 g/mol. The molecular formula is C25H21ClF2N4O3. The van der Waals surface area contributed by atoms with Crippen LogP contribution in [0.15, 0.2) is 53.6 Å². The Morgan fingerprint density at radius 3 is 2.63 bits per heavy atom. The topological polar surface area (TPSA) is 90.1 Å². The van der Waals surface area contributed by atoms with E-state index in [0.29, 0.717) is 35.3 Å². The molecule has 4 heterocycles. The van der Waals surface area contributed by atoms with Crippen LogP contribution in [0.1, 0.15) is 22.6 Å². The Morgan fingerprint density at radius 2 is 1.89 bits per heavy atom. The lowest BCUT2D eigenvalue weighted by atomic mass is 10.1. The van der Waals surface area contributed by atoms with Crippen molar-refractivity contribution in [3.63, 3.8) is 0 Å². The van der Waals surface area contributed by atoms with Crippen molar-refractivity contribution in [2.75, 3.05) is 6.61 Å². The molecule has 0 bridgehead atoms. The molecule has 1 N–H and O–H groups in total. The van der Waals surface area contributed by atoms with Crippen molar-refractivity contribution in [2.24, 2.45) is 0 Å². The van der Waals surface area contributed by atoms with Gasteiger partial charge in [-0.05, 0) is 37.6 Å². The van der Waals surface area contributed by atoms with Crippen LogP contribution in [0.2, 0.25) is 5.02 Å². The summed E-state index contributed by atoms with van der Waals surface area (Å²) in [5.41, 5.74) is 3.03. The van der Waals surface area contributed by atoms with Crippen LogP contribution in [-0.4, -0.2) is 31.2 Å². The molecule has 10 heteroatoms. The molecule has 0 radical (unpaired) electrons. The van der Waals surface area contributed by atoms with Crippen molar-refractivity contribution in [2.45, 2.75) is 26.9 Å². The van der Waals surface area contributed by atoms with Crippen LogP contribution >= 0.6 is 11.6 Å². The molecule has 0 saturated carbocycles. The first-order chi connectivity index (χ1) is 16.8. The van der Waals surface area contributed by atoms with E-state index in [1.54, 1.807) is 31.3 Å². The van der Waals surface area contributed by atoms with Crippen molar-refractivity contribution in [3.8, 4) is 22.8 Å². The average molecular weight is 499 g/mol. The number of aliphatic hydroxyl groups excluding tert-OH is 1. The second-order valence-corrected chi connectivity index (χ2v) is 8.20. The SMILES string of the molecule is Cc1cnc(-c2cccc(CCO)n2)cc1-n1c(C)cc(OCc2ncc(F)cc2F)c(Cl)c1=O. The Labute approximate surface area is 204 Å². The third kappa shape index (κ3) is 5.21. The highest BCUT2D eigenvalue weighted by molar-refractivity contribution is 6.31. The van der Waals surface area contributed by atoms with E-state index in [4.69, 9.17) is 16.3 Å². The van der Waals surface area contributed by atoms with Crippen LogP contribution in [0.25, 0.3) is 17.1 Å². The lowest BCUT2D eigenvalue weighted by Gasteiger charge is -2.17. The van der Waals surface area contributed by atoms with E-state index in [2.05, 4.69) is 15.0 Å². The fourth-order valence-electron chi connectivity index (χ4n) is 3.55. The minimum absolute atomic E-state index is 0.0194. The normalized spacial score (nSPS) is 11.0. The summed E-state index contributed by atoms with van der Waals surface area (Å²) in [6.45, 7) is 3.17. The Morgan fingerprint density at radius 1 is 1.09 bits per heavy atom. The minimum Gasteiger partial charge on any atom is -0.485 e. The molecule has 4 aromatic rings. The van der Waals surface area contributed by atoms with Crippen LogP contribution in [0.3, 0.4) is 0 Å². The first-order valence-corrected chi connectivity index (χ1v) is 11.1. The standard InChI is InChI=1S/C25H21ClF2N4O3/c1-14-11-29-20(19-5-3-4-17(31-19)6-7-33)10-22(14)32-15(2)8-23(24(26)25(32)34)35-13-21-18(28)9-16(27)12-30-21/h3-5,8-12,33H,6-7,13H2,1-2H3. The summed E-state index contributed by atoms with van der Waals surface area (Å²) in [6.07, 6.45) is 2.93. The second-order valence-electron chi connectivity index (χ2n) is 7.82. The zero-order chi connectivity index (χ0) is 25.1. The molecule has 0 amide bonds. The van der Waals surface area contributed by atoms with Gasteiger partial charge in [0.2, 0.25) is 0 Å². The van der Waals surface area contributed by atoms with Crippen LogP contribution in [0.5, 0.6) is 5.75 Å². The van der Waals surface area contributed by atoms with Gasteiger partial charge in [0.25, 0.3) is 5.56 Å². The average Bonchev–Trinajstić information content (AvgIpc) is 2.83. The first kappa shape index (κ1) is 24.4. The second kappa shape index (κ2) is 10.3. The maximum Gasteiger partial charge on any atom is 0.277 e. The Kier molecular flexibility index (Phi) is 7.18. The summed E-state index contributed by atoms with van der Waals surface area (Å²) in [5.74, 6) is -1.60. The summed E-state index contributed by atoms with van der Waals surface area (Å²) in [7, 11) is 0. The van der Waals surface area contributed by atoms with Crippen LogP contribution < -0.4 is 10.3 Å². The smallest absolute Gasteiger partial charge is 0.277 e. The fraction of sp³-hybridized carbons (Fsp3) is 0.200. The van der Waals surface area contributed by atoms with Crippen molar-refractivity contribution in [3.05, 3.63) is 98.4 Å². The number of halogens is 3. The Balaban J connectivity index is 1.70. The largest absolute Gasteiger partial charge is 0.485 e. The lowest BCUT2D eigenvalue weighted by Crippen LogP contribution is -2.23. The van der Waals surface area contributed by atoms with Gasteiger partial charge in [-0.15, -0.1) is 0 Å². The van der Waals surface area contributed by atoms with E-state index in [0.717, 1.165) is 17.5 Å². The number of nitrogens with zero attached hydrogens (tertiary/aromatic N) is 4. The Hall–Kier alpha value is -3.69. The number of aliphatic hydroxyl groups is 1. The predicted molar refractivity (Wildman–Crippen MR) is 127 cm³/mol. The summed E-state index contributed by atoms with van der Waals surface area (Å²) in [5, 5.41) is 9.00. The molecule has 0 spiro atoms. The third-order valence-corrected chi connectivity index (χ3v) is 5.65. The Bertz CT molecular complexity index is 1460. The fourth-order valence-corrected chi connectivity index (χ4v) is 3.74. The molecule has 0 atom stereocenters. The van der Waals surface area contributed by atoms with Crippen molar-refractivity contribution in [1.29, 1.82) is 0 Å². The molecule has 7 nitrogen and oxygen atoms in total. The van der Waals surface area contributed by atoms with Crippen LogP contribution in [0.4, 0.5) is 8.78 Å². The van der Waals surface area contributed by atoms with Gasteiger partial charge in [-0.25, -0.2) is 8.78 Å². The number of pyridine rings is 4. The maximum atomic E-state index is 13.9. The summed E-state index contributed by atoms with van der Waals surface area (Å²) in [6, 6.07) is 9.44. The van der Waals surface area contributed by atoms with Crippen molar-refractivity contribution >= 4 is 11.6 Å². The molecule has 0 saturated heterocycles. The quantitative estimate of drug-likeness (QED) is 0.407. The van der Waals surface area contributed by atoms with Gasteiger partial charge in [0, 0.05) is 42.7 Å². The molecule has 0 fully saturated rings. The van der Waals surface area contributed by atoms with Gasteiger partial charge in [-0.2, -0.15) is 0 Å². The molecule has 180 valence electrons. The van der Waals surface area contributed by atoms with Gasteiger partial charge in [0.15, 0.2) is 5.82 Å². The number of aromatic nitrogens is 4. The van der Waals surface area contributed by atoms with Crippen LogP contribution in [0, 0.1) is 25.5 Å². The number of hydrogen-bond donors (Lipinski definition) is 1. The molecule has 0 aromatic carbocycles. The number of ether oxygens (including phenoxy) is 1. The van der Waals surface area contributed by atoms with Crippen molar-refractivity contribution in [1.82, 2.24) is 19.5 Å². The van der Waals surface area contributed by atoms with E-state index < -0.39 is 17.2 Å². The van der Waals surface area contributed by atoms with E-state index in [1.165, 1.54) is 4.57 Å². The lowest BCUT2D eigenvalue weighted by molar-refractivity contribution is 0.292. The highest BCUT2D eigenvalue weighted by atomic mass is 35.5.